The molecule has 5 heteroatoms. The average Bonchev–Trinajstić information content (AvgIpc) is 2.48. The first-order valence-corrected chi connectivity index (χ1v) is 7.14. The minimum Gasteiger partial charge on any atom is -0.478 e. The van der Waals surface area contributed by atoms with Gasteiger partial charge < -0.3 is 10.4 Å². The van der Waals surface area contributed by atoms with Crippen molar-refractivity contribution in [3.8, 4) is 0 Å². The van der Waals surface area contributed by atoms with Gasteiger partial charge in [0.2, 0.25) is 0 Å². The molecule has 0 heterocycles. The Bertz CT molecular complexity index is 680. The van der Waals surface area contributed by atoms with Crippen LogP contribution >= 0.6 is 15.9 Å². The number of nitrogens with one attached hydrogen (secondary N) is 1. The van der Waals surface area contributed by atoms with E-state index in [-0.39, 0.29) is 11.5 Å². The summed E-state index contributed by atoms with van der Waals surface area (Å²) in [6.45, 7) is 2.23. The van der Waals surface area contributed by atoms with Crippen LogP contribution in [0.1, 0.15) is 31.8 Å². The monoisotopic (exact) mass is 347 g/mol. The largest absolute Gasteiger partial charge is 0.478 e. The number of carboxylic acids is 1. The second-order valence-electron chi connectivity index (χ2n) is 4.60. The van der Waals surface area contributed by atoms with Crippen LogP contribution in [0.3, 0.4) is 0 Å². The Labute approximate surface area is 130 Å². The van der Waals surface area contributed by atoms with Gasteiger partial charge in [-0.3, -0.25) is 4.79 Å². The molecule has 0 saturated carbocycles. The second kappa shape index (κ2) is 6.54. The predicted octanol–water partition coefficient (Wildman–Crippen LogP) is 3.39. The van der Waals surface area contributed by atoms with Gasteiger partial charge in [0, 0.05) is 16.6 Å². The molecule has 2 aromatic rings. The van der Waals surface area contributed by atoms with Crippen molar-refractivity contribution in [3.63, 3.8) is 0 Å². The average molecular weight is 348 g/mol. The molecule has 21 heavy (non-hydrogen) atoms. The quantitative estimate of drug-likeness (QED) is 0.890. The highest BCUT2D eigenvalue weighted by Gasteiger charge is 2.10. The first-order chi connectivity index (χ1) is 9.99. The van der Waals surface area contributed by atoms with Crippen molar-refractivity contribution in [3.05, 3.63) is 69.2 Å². The van der Waals surface area contributed by atoms with Crippen LogP contribution in [0.2, 0.25) is 0 Å². The maximum absolute atomic E-state index is 12.1. The van der Waals surface area contributed by atoms with E-state index in [9.17, 15) is 9.59 Å². The van der Waals surface area contributed by atoms with Crippen molar-refractivity contribution in [1.29, 1.82) is 0 Å². The van der Waals surface area contributed by atoms with Gasteiger partial charge in [-0.2, -0.15) is 0 Å². The van der Waals surface area contributed by atoms with E-state index in [1.807, 2.05) is 19.1 Å². The van der Waals surface area contributed by atoms with E-state index in [4.69, 9.17) is 5.11 Å². The Morgan fingerprint density at radius 2 is 1.81 bits per heavy atom. The van der Waals surface area contributed by atoms with Crippen molar-refractivity contribution in [2.45, 2.75) is 13.5 Å². The predicted molar refractivity (Wildman–Crippen MR) is 83.5 cm³/mol. The molecule has 0 spiro atoms. The minimum atomic E-state index is -0.963. The number of aromatic carboxylic acids is 1. The lowest BCUT2D eigenvalue weighted by atomic mass is 10.1. The highest BCUT2D eigenvalue weighted by atomic mass is 79.9. The summed E-state index contributed by atoms with van der Waals surface area (Å²) in [4.78, 5) is 22.9. The van der Waals surface area contributed by atoms with Gasteiger partial charge in [-0.05, 0) is 42.3 Å². The van der Waals surface area contributed by atoms with Gasteiger partial charge in [-0.15, -0.1) is 0 Å². The molecule has 0 atom stereocenters. The molecule has 4 nitrogen and oxygen atoms in total. The third kappa shape index (κ3) is 3.70. The first-order valence-electron chi connectivity index (χ1n) is 6.34. The van der Waals surface area contributed by atoms with Crippen LogP contribution in [0, 0.1) is 6.92 Å². The number of hydrogen-bond donors (Lipinski definition) is 2. The van der Waals surface area contributed by atoms with Crippen LogP contribution in [-0.2, 0) is 6.54 Å². The zero-order chi connectivity index (χ0) is 15.4. The SMILES string of the molecule is Cc1c(Br)cccc1C(=O)NCc1ccc(C(=O)O)cc1. The number of hydrogen-bond acceptors (Lipinski definition) is 2. The van der Waals surface area contributed by atoms with Crippen molar-refractivity contribution in [2.24, 2.45) is 0 Å². The first kappa shape index (κ1) is 15.3. The maximum atomic E-state index is 12.1. The fraction of sp³-hybridized carbons (Fsp3) is 0.125. The summed E-state index contributed by atoms with van der Waals surface area (Å²) in [6.07, 6.45) is 0. The number of carbonyl (C=O) groups excluding carboxylic acids is 1. The molecule has 0 bridgehead atoms. The Morgan fingerprint density at radius 3 is 2.43 bits per heavy atom. The molecule has 2 rings (SSSR count). The Balaban J connectivity index is 2.04. The van der Waals surface area contributed by atoms with Gasteiger partial charge >= 0.3 is 5.97 Å². The molecule has 0 unspecified atom stereocenters. The molecule has 0 aliphatic carbocycles. The van der Waals surface area contributed by atoms with Gasteiger partial charge in [-0.25, -0.2) is 4.79 Å². The van der Waals surface area contributed by atoms with Gasteiger partial charge in [0.25, 0.3) is 5.91 Å². The molecule has 0 aromatic heterocycles. The summed E-state index contributed by atoms with van der Waals surface area (Å²) in [5.74, 6) is -1.12. The van der Waals surface area contributed by atoms with E-state index in [1.54, 1.807) is 18.2 Å². The molecule has 0 saturated heterocycles. The summed E-state index contributed by atoms with van der Waals surface area (Å²) >= 11 is 3.40. The molecule has 0 aliphatic rings. The highest BCUT2D eigenvalue weighted by Crippen LogP contribution is 2.19. The Morgan fingerprint density at radius 1 is 1.14 bits per heavy atom. The van der Waals surface area contributed by atoms with E-state index in [1.165, 1.54) is 12.1 Å². The van der Waals surface area contributed by atoms with E-state index in [2.05, 4.69) is 21.2 Å². The zero-order valence-corrected chi connectivity index (χ0v) is 13.0. The molecular formula is C16H14BrNO3. The Hall–Kier alpha value is -2.14. The van der Waals surface area contributed by atoms with Crippen LogP contribution in [0.5, 0.6) is 0 Å². The van der Waals surface area contributed by atoms with Crippen molar-refractivity contribution in [2.75, 3.05) is 0 Å². The van der Waals surface area contributed by atoms with Crippen LogP contribution < -0.4 is 5.32 Å². The van der Waals surface area contributed by atoms with Crippen LogP contribution in [-0.4, -0.2) is 17.0 Å². The number of carboxylic acid groups (broad SMARTS) is 1. The number of carbonyl (C=O) groups is 2. The summed E-state index contributed by atoms with van der Waals surface area (Å²) in [7, 11) is 0. The summed E-state index contributed by atoms with van der Waals surface area (Å²) < 4.78 is 0.890. The van der Waals surface area contributed by atoms with Gasteiger partial charge in [0.05, 0.1) is 5.56 Å². The molecular weight excluding hydrogens is 334 g/mol. The van der Waals surface area contributed by atoms with E-state index in [0.717, 1.165) is 15.6 Å². The fourth-order valence-electron chi connectivity index (χ4n) is 1.90. The van der Waals surface area contributed by atoms with E-state index < -0.39 is 5.97 Å². The topological polar surface area (TPSA) is 66.4 Å². The zero-order valence-electron chi connectivity index (χ0n) is 11.4. The molecule has 1 amide bonds. The van der Waals surface area contributed by atoms with Crippen LogP contribution in [0.15, 0.2) is 46.9 Å². The normalized spacial score (nSPS) is 10.2. The fourth-order valence-corrected chi connectivity index (χ4v) is 2.26. The smallest absolute Gasteiger partial charge is 0.335 e. The Kier molecular flexibility index (Phi) is 4.75. The minimum absolute atomic E-state index is 0.156. The van der Waals surface area contributed by atoms with Gasteiger partial charge in [-0.1, -0.05) is 34.1 Å². The van der Waals surface area contributed by atoms with Crippen LogP contribution in [0.4, 0.5) is 0 Å². The summed E-state index contributed by atoms with van der Waals surface area (Å²) in [5, 5.41) is 11.6. The summed E-state index contributed by atoms with van der Waals surface area (Å²) in [6, 6.07) is 11.9. The number of amides is 1. The van der Waals surface area contributed by atoms with Crippen molar-refractivity contribution in [1.82, 2.24) is 5.32 Å². The molecule has 0 aliphatic heterocycles. The highest BCUT2D eigenvalue weighted by molar-refractivity contribution is 9.10. The second-order valence-corrected chi connectivity index (χ2v) is 5.45. The van der Waals surface area contributed by atoms with Crippen LogP contribution in [0.25, 0.3) is 0 Å². The molecule has 0 fully saturated rings. The summed E-state index contributed by atoms with van der Waals surface area (Å²) in [5.41, 5.74) is 2.58. The molecule has 2 N–H and O–H groups in total. The molecule has 108 valence electrons. The lowest BCUT2D eigenvalue weighted by molar-refractivity contribution is 0.0696. The van der Waals surface area contributed by atoms with Crippen molar-refractivity contribution >= 4 is 27.8 Å². The molecule has 0 radical (unpaired) electrons. The van der Waals surface area contributed by atoms with Gasteiger partial charge in [0.1, 0.15) is 0 Å². The lowest BCUT2D eigenvalue weighted by Gasteiger charge is -2.09. The number of rotatable bonds is 4. The number of benzene rings is 2. The molecule has 2 aromatic carbocycles. The van der Waals surface area contributed by atoms with E-state index in [0.29, 0.717) is 12.1 Å². The van der Waals surface area contributed by atoms with Crippen molar-refractivity contribution < 1.29 is 14.7 Å². The third-order valence-corrected chi connectivity index (χ3v) is 4.03. The third-order valence-electron chi connectivity index (χ3n) is 3.17. The van der Waals surface area contributed by atoms with Gasteiger partial charge in [0.15, 0.2) is 0 Å². The maximum Gasteiger partial charge on any atom is 0.335 e. The standard InChI is InChI=1S/C16H14BrNO3/c1-10-13(3-2-4-14(10)17)15(19)18-9-11-5-7-12(8-6-11)16(20)21/h2-8H,9H2,1H3,(H,18,19)(H,20,21). The number of halogens is 1. The van der Waals surface area contributed by atoms with E-state index >= 15 is 0 Å². The lowest BCUT2D eigenvalue weighted by Crippen LogP contribution is -2.23.